The van der Waals surface area contributed by atoms with Gasteiger partial charge in [0.25, 0.3) is 0 Å². The van der Waals surface area contributed by atoms with E-state index in [1.165, 1.54) is 65.7 Å². The smallest absolute Gasteiger partial charge is 0.0515 e. The van der Waals surface area contributed by atoms with E-state index in [1.807, 2.05) is 0 Å². The second kappa shape index (κ2) is 4.45. The highest BCUT2D eigenvalue weighted by atomic mass is 14.9. The molecule has 0 aliphatic heterocycles. The maximum absolute atomic E-state index is 2.44. The molecule has 6 aromatic rings. The zero-order valence-corrected chi connectivity index (χ0v) is 17.9. The second-order valence-corrected chi connectivity index (χ2v) is 10.4. The summed E-state index contributed by atoms with van der Waals surface area (Å²) in [7, 11) is 0. The molecule has 0 amide bonds. The van der Waals surface area contributed by atoms with E-state index in [0.29, 0.717) is 0 Å². The highest BCUT2D eigenvalue weighted by molar-refractivity contribution is 6.16. The van der Waals surface area contributed by atoms with Gasteiger partial charge in [0.05, 0.1) is 16.2 Å². The fourth-order valence-electron chi connectivity index (χ4n) is 9.32. The Bertz CT molecular complexity index is 1580. The molecule has 0 N–H and O–H groups in total. The Morgan fingerprint density at radius 2 is 0.485 bits per heavy atom. The number of benzene rings is 6. The van der Waals surface area contributed by atoms with Gasteiger partial charge in [-0.25, -0.2) is 0 Å². The van der Waals surface area contributed by atoms with Gasteiger partial charge in [-0.15, -0.1) is 0 Å². The molecule has 1 fully saturated rings. The lowest BCUT2D eigenvalue weighted by molar-refractivity contribution is 0.735. The Hall–Kier alpha value is -3.90. The molecule has 4 aliphatic carbocycles. The third-order valence-corrected chi connectivity index (χ3v) is 9.76. The van der Waals surface area contributed by atoms with E-state index in [4.69, 9.17) is 0 Å². The molecule has 0 bridgehead atoms. The third kappa shape index (κ3) is 1.15. The maximum Gasteiger partial charge on any atom is 0.0515 e. The van der Waals surface area contributed by atoms with Gasteiger partial charge in [0.1, 0.15) is 0 Å². The Morgan fingerprint density at radius 3 is 0.697 bits per heavy atom. The Balaban J connectivity index is 1.56. The molecular formula is C33H18. The lowest BCUT2D eigenvalue weighted by Gasteiger charge is -2.24. The van der Waals surface area contributed by atoms with Crippen LogP contribution in [0.25, 0.3) is 32.3 Å². The van der Waals surface area contributed by atoms with Crippen molar-refractivity contribution in [2.45, 2.75) is 16.2 Å². The van der Waals surface area contributed by atoms with Crippen LogP contribution in [0.2, 0.25) is 0 Å². The van der Waals surface area contributed by atoms with E-state index in [2.05, 4.69) is 109 Å². The van der Waals surface area contributed by atoms with Crippen molar-refractivity contribution in [3.05, 3.63) is 143 Å². The van der Waals surface area contributed by atoms with E-state index in [9.17, 15) is 0 Å². The van der Waals surface area contributed by atoms with Gasteiger partial charge in [0.15, 0.2) is 0 Å². The summed E-state index contributed by atoms with van der Waals surface area (Å²) in [5.41, 5.74) is 9.02. The van der Waals surface area contributed by atoms with Crippen LogP contribution < -0.4 is 0 Å². The molecule has 10 rings (SSSR count). The summed E-state index contributed by atoms with van der Waals surface area (Å²) in [6.07, 6.45) is 0. The molecule has 0 atom stereocenters. The maximum atomic E-state index is 2.44. The predicted molar refractivity (Wildman–Crippen MR) is 134 cm³/mol. The summed E-state index contributed by atoms with van der Waals surface area (Å²) in [5, 5.41) is 8.60. The second-order valence-electron chi connectivity index (χ2n) is 10.4. The molecule has 0 heterocycles. The van der Waals surface area contributed by atoms with Crippen LogP contribution in [0.5, 0.6) is 0 Å². The monoisotopic (exact) mass is 414 g/mol. The molecule has 6 aromatic carbocycles. The van der Waals surface area contributed by atoms with Gasteiger partial charge in [-0.1, -0.05) is 109 Å². The quantitative estimate of drug-likeness (QED) is 0.244. The molecule has 150 valence electrons. The first-order valence-corrected chi connectivity index (χ1v) is 12.0. The molecule has 0 saturated heterocycles. The summed E-state index contributed by atoms with van der Waals surface area (Å²) >= 11 is 0. The average Bonchev–Trinajstić information content (AvgIpc) is 3.02. The molecule has 4 aliphatic rings. The van der Waals surface area contributed by atoms with Crippen LogP contribution in [0.1, 0.15) is 33.4 Å². The molecule has 0 unspecified atom stereocenters. The summed E-state index contributed by atoms with van der Waals surface area (Å²) in [5.74, 6) is 0. The van der Waals surface area contributed by atoms with E-state index < -0.39 is 0 Å². The van der Waals surface area contributed by atoms with Crippen LogP contribution in [-0.4, -0.2) is 0 Å². The summed E-state index contributed by atoms with van der Waals surface area (Å²) in [6.45, 7) is 0. The lowest BCUT2D eigenvalue weighted by atomic mass is 9.77. The molecule has 0 radical (unpaired) electrons. The van der Waals surface area contributed by atoms with Crippen molar-refractivity contribution in [2.75, 3.05) is 0 Å². The molecule has 0 heteroatoms. The van der Waals surface area contributed by atoms with Crippen molar-refractivity contribution >= 4 is 32.3 Å². The third-order valence-electron chi connectivity index (χ3n) is 9.76. The first-order chi connectivity index (χ1) is 16.4. The van der Waals surface area contributed by atoms with Crippen molar-refractivity contribution in [1.29, 1.82) is 0 Å². The Morgan fingerprint density at radius 1 is 0.273 bits per heavy atom. The molecule has 0 aromatic heterocycles. The minimum absolute atomic E-state index is 0.0605. The molecule has 33 heavy (non-hydrogen) atoms. The minimum atomic E-state index is -0.0605. The largest absolute Gasteiger partial charge is 0.0613 e. The van der Waals surface area contributed by atoms with Crippen molar-refractivity contribution in [3.8, 4) is 0 Å². The summed E-state index contributed by atoms with van der Waals surface area (Å²) < 4.78 is 0. The highest BCUT2D eigenvalue weighted by Crippen LogP contribution is 2.95. The Labute approximate surface area is 191 Å². The van der Waals surface area contributed by atoms with Crippen LogP contribution >= 0.6 is 0 Å². The Kier molecular flexibility index (Phi) is 2.13. The van der Waals surface area contributed by atoms with E-state index in [0.717, 1.165) is 0 Å². The van der Waals surface area contributed by atoms with Crippen LogP contribution in [-0.2, 0) is 16.2 Å². The van der Waals surface area contributed by atoms with Gasteiger partial charge in [0.2, 0.25) is 0 Å². The van der Waals surface area contributed by atoms with Gasteiger partial charge >= 0.3 is 0 Å². The minimum Gasteiger partial charge on any atom is -0.0613 e. The average molecular weight is 415 g/mol. The molecule has 0 nitrogen and oxygen atoms in total. The van der Waals surface area contributed by atoms with E-state index in [1.54, 1.807) is 0 Å². The van der Waals surface area contributed by atoms with Gasteiger partial charge in [-0.2, -0.15) is 0 Å². The van der Waals surface area contributed by atoms with Crippen LogP contribution in [0.15, 0.2) is 109 Å². The van der Waals surface area contributed by atoms with Crippen molar-refractivity contribution in [3.63, 3.8) is 0 Å². The first-order valence-electron chi connectivity index (χ1n) is 12.0. The molecule has 3 spiro atoms. The SMILES string of the molecule is c1cc2c3c(cccc3c1)C13c4cccc5cccc(c45)C14c1cccc5cccc(c15)C234. The predicted octanol–water partition coefficient (Wildman–Crippen LogP) is 7.36. The fraction of sp³-hybridized carbons (Fsp3) is 0.0909. The van der Waals surface area contributed by atoms with Crippen LogP contribution in [0, 0.1) is 0 Å². The van der Waals surface area contributed by atoms with Crippen molar-refractivity contribution in [2.24, 2.45) is 0 Å². The van der Waals surface area contributed by atoms with Crippen LogP contribution in [0.3, 0.4) is 0 Å². The van der Waals surface area contributed by atoms with Gasteiger partial charge in [-0.05, 0) is 65.7 Å². The molecular weight excluding hydrogens is 396 g/mol. The summed E-state index contributed by atoms with van der Waals surface area (Å²) in [6, 6.07) is 42.1. The van der Waals surface area contributed by atoms with Crippen LogP contribution in [0.4, 0.5) is 0 Å². The zero-order chi connectivity index (χ0) is 21.2. The lowest BCUT2D eigenvalue weighted by Crippen LogP contribution is -2.21. The first kappa shape index (κ1) is 15.8. The van der Waals surface area contributed by atoms with Gasteiger partial charge < -0.3 is 0 Å². The van der Waals surface area contributed by atoms with E-state index in [-0.39, 0.29) is 16.2 Å². The van der Waals surface area contributed by atoms with Crippen molar-refractivity contribution < 1.29 is 0 Å². The zero-order valence-electron chi connectivity index (χ0n) is 17.9. The number of hydrogen-bond acceptors (Lipinski definition) is 0. The van der Waals surface area contributed by atoms with Gasteiger partial charge in [0, 0.05) is 0 Å². The fourth-order valence-corrected chi connectivity index (χ4v) is 9.32. The van der Waals surface area contributed by atoms with E-state index >= 15 is 0 Å². The summed E-state index contributed by atoms with van der Waals surface area (Å²) in [4.78, 5) is 0. The topological polar surface area (TPSA) is 0 Å². The normalized spacial score (nSPS) is 28.4. The standard InChI is InChI=1S/C33H18/c1-7-19-8-2-14-23-28(19)22(13-1)31-24-15-3-9-20-10-4-16-25(29(20)24)33(31)27-18-6-12-21-11-5-17-26(30(21)27)32(23,31)33/h1-18H. The van der Waals surface area contributed by atoms with Crippen molar-refractivity contribution in [1.82, 2.24) is 0 Å². The van der Waals surface area contributed by atoms with Gasteiger partial charge in [-0.3, -0.25) is 0 Å². The number of hydrogen-bond donors (Lipinski definition) is 0. The number of rotatable bonds is 0. The molecule has 1 saturated carbocycles. The highest BCUT2D eigenvalue weighted by Gasteiger charge is 2.96.